The van der Waals surface area contributed by atoms with Gasteiger partial charge in [0.1, 0.15) is 6.04 Å². The quantitative estimate of drug-likeness (QED) is 0.378. The van der Waals surface area contributed by atoms with Gasteiger partial charge in [-0.05, 0) is 19.4 Å². The monoisotopic (exact) mass is 184 g/mol. The Balaban J connectivity index is 3.17. The summed E-state index contributed by atoms with van der Waals surface area (Å²) in [7, 11) is 0. The lowest BCUT2D eigenvalue weighted by atomic mass is 10.1. The molecular weight excluding hydrogens is 168 g/mol. The van der Waals surface area contributed by atoms with Gasteiger partial charge in [-0.25, -0.2) is 0 Å². The van der Waals surface area contributed by atoms with E-state index in [2.05, 4.69) is 11.2 Å². The van der Waals surface area contributed by atoms with Gasteiger partial charge in [0.05, 0.1) is 6.54 Å². The first kappa shape index (κ1) is 11.9. The molecule has 0 radical (unpaired) electrons. The van der Waals surface area contributed by atoms with Gasteiger partial charge in [0.2, 0.25) is 0 Å². The second-order valence-electron chi connectivity index (χ2n) is 2.82. The molecular formula is C9H16N2O2. The van der Waals surface area contributed by atoms with E-state index >= 15 is 0 Å². The lowest BCUT2D eigenvalue weighted by Crippen LogP contribution is -2.30. The molecule has 0 aliphatic rings. The van der Waals surface area contributed by atoms with Gasteiger partial charge < -0.3 is 16.2 Å². The van der Waals surface area contributed by atoms with Gasteiger partial charge in [-0.1, -0.05) is 12.3 Å². The Morgan fingerprint density at radius 3 is 2.85 bits per heavy atom. The fourth-order valence-corrected chi connectivity index (χ4v) is 0.898. The molecule has 0 fully saturated rings. The van der Waals surface area contributed by atoms with Crippen molar-refractivity contribution < 1.29 is 9.90 Å². The van der Waals surface area contributed by atoms with E-state index in [1.807, 2.05) is 0 Å². The van der Waals surface area contributed by atoms with Crippen LogP contribution in [0.3, 0.4) is 0 Å². The Labute approximate surface area is 78.5 Å². The van der Waals surface area contributed by atoms with Crippen LogP contribution in [0.1, 0.15) is 19.3 Å². The van der Waals surface area contributed by atoms with Gasteiger partial charge in [0.25, 0.3) is 0 Å². The first-order chi connectivity index (χ1) is 6.18. The maximum atomic E-state index is 10.3. The Hall–Kier alpha value is -1.05. The number of aliphatic carboxylic acids is 1. The van der Waals surface area contributed by atoms with E-state index in [1.165, 1.54) is 0 Å². The summed E-state index contributed by atoms with van der Waals surface area (Å²) in [4.78, 5) is 10.3. The van der Waals surface area contributed by atoms with E-state index < -0.39 is 12.0 Å². The third kappa shape index (κ3) is 7.32. The molecule has 0 aliphatic heterocycles. The number of carboxylic acids is 1. The van der Waals surface area contributed by atoms with Gasteiger partial charge >= 0.3 is 5.97 Å². The minimum atomic E-state index is -0.934. The topological polar surface area (TPSA) is 75.3 Å². The van der Waals surface area contributed by atoms with Crippen LogP contribution in [0.2, 0.25) is 0 Å². The average Bonchev–Trinajstić information content (AvgIpc) is 2.10. The van der Waals surface area contributed by atoms with Crippen LogP contribution in [-0.4, -0.2) is 30.2 Å². The SMILES string of the molecule is C#CCNCCCC[C@H](N)C(=O)O. The highest BCUT2D eigenvalue weighted by molar-refractivity contribution is 5.72. The van der Waals surface area contributed by atoms with E-state index in [4.69, 9.17) is 17.3 Å². The highest BCUT2D eigenvalue weighted by Gasteiger charge is 2.09. The molecule has 4 N–H and O–H groups in total. The first-order valence-electron chi connectivity index (χ1n) is 4.31. The minimum Gasteiger partial charge on any atom is -0.480 e. The maximum absolute atomic E-state index is 10.3. The molecule has 0 amide bonds. The number of unbranched alkanes of at least 4 members (excludes halogenated alkanes) is 1. The molecule has 0 aliphatic carbocycles. The second-order valence-corrected chi connectivity index (χ2v) is 2.82. The molecule has 0 saturated carbocycles. The zero-order valence-corrected chi connectivity index (χ0v) is 7.62. The molecule has 0 unspecified atom stereocenters. The van der Waals surface area contributed by atoms with Crippen molar-refractivity contribution >= 4 is 5.97 Å². The maximum Gasteiger partial charge on any atom is 0.320 e. The number of terminal acetylenes is 1. The third-order valence-corrected chi connectivity index (χ3v) is 1.66. The summed E-state index contributed by atoms with van der Waals surface area (Å²) < 4.78 is 0. The summed E-state index contributed by atoms with van der Waals surface area (Å²) in [6.07, 6.45) is 7.26. The largest absolute Gasteiger partial charge is 0.480 e. The number of hydrogen-bond donors (Lipinski definition) is 3. The van der Waals surface area contributed by atoms with E-state index in [0.29, 0.717) is 13.0 Å². The molecule has 0 bridgehead atoms. The fraction of sp³-hybridized carbons (Fsp3) is 0.667. The molecule has 1 atom stereocenters. The molecule has 0 aromatic rings. The Bertz CT molecular complexity index is 187. The van der Waals surface area contributed by atoms with Gasteiger partial charge in [-0.3, -0.25) is 4.79 Å². The van der Waals surface area contributed by atoms with Crippen LogP contribution >= 0.6 is 0 Å². The molecule has 0 aromatic carbocycles. The average molecular weight is 184 g/mol. The van der Waals surface area contributed by atoms with Crippen molar-refractivity contribution in [3.05, 3.63) is 0 Å². The Kier molecular flexibility index (Phi) is 6.98. The molecule has 0 aromatic heterocycles. The summed E-state index contributed by atoms with van der Waals surface area (Å²) in [5.74, 6) is 1.52. The zero-order chi connectivity index (χ0) is 10.1. The molecule has 0 rings (SSSR count). The first-order valence-corrected chi connectivity index (χ1v) is 4.31. The molecule has 13 heavy (non-hydrogen) atoms. The molecule has 0 spiro atoms. The van der Waals surface area contributed by atoms with Crippen LogP contribution in [0.5, 0.6) is 0 Å². The summed E-state index contributed by atoms with van der Waals surface area (Å²) in [5, 5.41) is 11.5. The van der Waals surface area contributed by atoms with Crippen LogP contribution in [0, 0.1) is 12.3 Å². The number of rotatable bonds is 7. The number of carboxylic acid groups (broad SMARTS) is 1. The van der Waals surface area contributed by atoms with Gasteiger partial charge in [-0.15, -0.1) is 6.42 Å². The predicted octanol–water partition coefficient (Wildman–Crippen LogP) is -0.209. The van der Waals surface area contributed by atoms with Crippen molar-refractivity contribution in [2.45, 2.75) is 25.3 Å². The normalized spacial score (nSPS) is 12.0. The van der Waals surface area contributed by atoms with Gasteiger partial charge in [0.15, 0.2) is 0 Å². The predicted molar refractivity (Wildman–Crippen MR) is 51.2 cm³/mol. The van der Waals surface area contributed by atoms with Gasteiger partial charge in [-0.2, -0.15) is 0 Å². The fourth-order valence-electron chi connectivity index (χ4n) is 0.898. The van der Waals surface area contributed by atoms with Crippen molar-refractivity contribution in [3.8, 4) is 12.3 Å². The van der Waals surface area contributed by atoms with E-state index in [1.54, 1.807) is 0 Å². The van der Waals surface area contributed by atoms with E-state index in [-0.39, 0.29) is 0 Å². The zero-order valence-electron chi connectivity index (χ0n) is 7.62. The molecule has 4 heteroatoms. The lowest BCUT2D eigenvalue weighted by molar-refractivity contribution is -0.138. The van der Waals surface area contributed by atoms with E-state index in [9.17, 15) is 4.79 Å². The number of carbonyl (C=O) groups is 1. The summed E-state index contributed by atoms with van der Waals surface area (Å²) in [6.45, 7) is 1.38. The minimum absolute atomic E-state index is 0.521. The van der Waals surface area contributed by atoms with Gasteiger partial charge in [0, 0.05) is 0 Å². The highest BCUT2D eigenvalue weighted by atomic mass is 16.4. The lowest BCUT2D eigenvalue weighted by Gasteiger charge is -2.05. The number of nitrogens with one attached hydrogen (secondary N) is 1. The number of hydrogen-bond acceptors (Lipinski definition) is 3. The van der Waals surface area contributed by atoms with Crippen LogP contribution in [0.4, 0.5) is 0 Å². The summed E-state index contributed by atoms with van der Waals surface area (Å²) >= 11 is 0. The highest BCUT2D eigenvalue weighted by Crippen LogP contribution is 1.97. The molecule has 0 heterocycles. The molecule has 4 nitrogen and oxygen atoms in total. The van der Waals surface area contributed by atoms with Crippen molar-refractivity contribution in [1.82, 2.24) is 5.32 Å². The smallest absolute Gasteiger partial charge is 0.320 e. The van der Waals surface area contributed by atoms with Crippen molar-refractivity contribution in [1.29, 1.82) is 0 Å². The Morgan fingerprint density at radius 1 is 1.62 bits per heavy atom. The second kappa shape index (κ2) is 7.59. The van der Waals surface area contributed by atoms with Crippen LogP contribution in [0.25, 0.3) is 0 Å². The number of nitrogens with two attached hydrogens (primary N) is 1. The molecule has 0 saturated heterocycles. The molecule has 74 valence electrons. The van der Waals surface area contributed by atoms with Crippen molar-refractivity contribution in [2.75, 3.05) is 13.1 Å². The summed E-state index contributed by atoms with van der Waals surface area (Å²) in [6, 6.07) is -0.729. The van der Waals surface area contributed by atoms with Crippen LogP contribution in [-0.2, 0) is 4.79 Å². The van der Waals surface area contributed by atoms with Crippen molar-refractivity contribution in [2.24, 2.45) is 5.73 Å². The standard InChI is InChI=1S/C9H16N2O2/c1-2-6-11-7-4-3-5-8(10)9(12)13/h1,8,11H,3-7,10H2,(H,12,13)/t8-/m0/s1. The van der Waals surface area contributed by atoms with Crippen LogP contribution < -0.4 is 11.1 Å². The van der Waals surface area contributed by atoms with Crippen molar-refractivity contribution in [3.63, 3.8) is 0 Å². The summed E-state index contributed by atoms with van der Waals surface area (Å²) in [5.41, 5.74) is 5.31. The van der Waals surface area contributed by atoms with E-state index in [0.717, 1.165) is 19.4 Å². The Morgan fingerprint density at radius 2 is 2.31 bits per heavy atom. The van der Waals surface area contributed by atoms with Crippen LogP contribution in [0.15, 0.2) is 0 Å². The third-order valence-electron chi connectivity index (χ3n) is 1.66.